The topological polar surface area (TPSA) is 27.7 Å². The predicted molar refractivity (Wildman–Crippen MR) is 103 cm³/mol. The third kappa shape index (κ3) is 9.73. The van der Waals surface area contributed by atoms with E-state index in [4.69, 9.17) is 13.9 Å². The summed E-state index contributed by atoms with van der Waals surface area (Å²) in [5.74, 6) is 0.872. The Morgan fingerprint density at radius 2 is 1.83 bits per heavy atom. The molecular formula is C20H32O3Si. The van der Waals surface area contributed by atoms with Gasteiger partial charge in [0.15, 0.2) is 8.32 Å². The molecular weight excluding hydrogens is 316 g/mol. The van der Waals surface area contributed by atoms with E-state index in [2.05, 4.69) is 31.4 Å². The lowest BCUT2D eigenvalue weighted by atomic mass is 10.1. The lowest BCUT2D eigenvalue weighted by Crippen LogP contribution is -2.32. The minimum absolute atomic E-state index is 0.266. The van der Waals surface area contributed by atoms with Gasteiger partial charge in [0, 0.05) is 12.7 Å². The van der Waals surface area contributed by atoms with Gasteiger partial charge in [-0.3, -0.25) is 0 Å². The van der Waals surface area contributed by atoms with Crippen molar-refractivity contribution in [2.45, 2.75) is 58.5 Å². The second kappa shape index (κ2) is 11.3. The fourth-order valence-electron chi connectivity index (χ4n) is 2.36. The number of allylic oxidation sites excluding steroid dienone is 1. The van der Waals surface area contributed by atoms with Crippen molar-refractivity contribution in [2.75, 3.05) is 13.7 Å². The Bertz CT molecular complexity index is 511. The highest BCUT2D eigenvalue weighted by Crippen LogP contribution is 2.16. The van der Waals surface area contributed by atoms with Crippen LogP contribution in [0.2, 0.25) is 19.6 Å². The summed E-state index contributed by atoms with van der Waals surface area (Å²) in [5.41, 5.74) is 4.29. The Kier molecular flexibility index (Phi) is 9.73. The number of hydrogen-bond acceptors (Lipinski definition) is 3. The molecule has 24 heavy (non-hydrogen) atoms. The van der Waals surface area contributed by atoms with Crippen LogP contribution >= 0.6 is 0 Å². The van der Waals surface area contributed by atoms with Gasteiger partial charge in [-0.1, -0.05) is 12.1 Å². The third-order valence-electron chi connectivity index (χ3n) is 3.45. The molecule has 0 N–H and O–H groups in total. The summed E-state index contributed by atoms with van der Waals surface area (Å²) in [5, 5.41) is 0. The summed E-state index contributed by atoms with van der Waals surface area (Å²) >= 11 is 0. The van der Waals surface area contributed by atoms with Gasteiger partial charge in [-0.15, -0.1) is 5.73 Å². The summed E-state index contributed by atoms with van der Waals surface area (Å²) in [4.78, 5) is 0. The number of benzene rings is 1. The highest BCUT2D eigenvalue weighted by molar-refractivity contribution is 6.69. The van der Waals surface area contributed by atoms with Crippen LogP contribution in [-0.4, -0.2) is 28.1 Å². The van der Waals surface area contributed by atoms with Crippen molar-refractivity contribution in [3.63, 3.8) is 0 Å². The van der Waals surface area contributed by atoms with Gasteiger partial charge in [-0.2, -0.15) is 0 Å². The SMILES string of the molecule is CC=C=CCC[C@@H](CCOCc1ccc(OC)cc1)O[Si](C)(C)C. The van der Waals surface area contributed by atoms with Crippen LogP contribution in [0.5, 0.6) is 5.75 Å². The molecule has 134 valence electrons. The number of hydrogen-bond donors (Lipinski definition) is 0. The van der Waals surface area contributed by atoms with Gasteiger partial charge in [0.2, 0.25) is 0 Å². The Labute approximate surface area is 148 Å². The molecule has 0 aliphatic heterocycles. The molecule has 0 saturated carbocycles. The first kappa shape index (κ1) is 20.7. The van der Waals surface area contributed by atoms with Crippen molar-refractivity contribution >= 4 is 8.32 Å². The molecule has 1 atom stereocenters. The van der Waals surface area contributed by atoms with Crippen molar-refractivity contribution in [1.82, 2.24) is 0 Å². The molecule has 0 heterocycles. The smallest absolute Gasteiger partial charge is 0.184 e. The van der Waals surface area contributed by atoms with Crippen LogP contribution in [0, 0.1) is 0 Å². The first-order chi connectivity index (χ1) is 11.4. The molecule has 3 nitrogen and oxygen atoms in total. The van der Waals surface area contributed by atoms with Gasteiger partial charge in [0.25, 0.3) is 0 Å². The molecule has 0 radical (unpaired) electrons. The largest absolute Gasteiger partial charge is 0.497 e. The molecule has 1 rings (SSSR count). The summed E-state index contributed by atoms with van der Waals surface area (Å²) in [7, 11) is 0.141. The van der Waals surface area contributed by atoms with Gasteiger partial charge in [-0.05, 0) is 75.7 Å². The predicted octanol–water partition coefficient (Wildman–Crippen LogP) is 5.33. The maximum Gasteiger partial charge on any atom is 0.184 e. The standard InChI is InChI=1S/C20H32O3Si/c1-6-7-8-9-10-20(23-24(3,4)5)15-16-22-17-18-11-13-19(21-2)14-12-18/h6,8,11-14,20H,9-10,15-17H2,1-5H3/t7?,20-/m0/s1. The van der Waals surface area contributed by atoms with Gasteiger partial charge < -0.3 is 13.9 Å². The van der Waals surface area contributed by atoms with Crippen molar-refractivity contribution in [1.29, 1.82) is 0 Å². The van der Waals surface area contributed by atoms with Gasteiger partial charge >= 0.3 is 0 Å². The highest BCUT2D eigenvalue weighted by Gasteiger charge is 2.20. The van der Waals surface area contributed by atoms with Gasteiger partial charge in [0.05, 0.1) is 13.7 Å². The fourth-order valence-corrected chi connectivity index (χ4v) is 3.59. The minimum atomic E-state index is -1.54. The Morgan fingerprint density at radius 3 is 2.42 bits per heavy atom. The molecule has 0 spiro atoms. The minimum Gasteiger partial charge on any atom is -0.497 e. The van der Waals surface area contributed by atoms with E-state index in [-0.39, 0.29) is 6.10 Å². The van der Waals surface area contributed by atoms with E-state index in [0.717, 1.165) is 30.6 Å². The van der Waals surface area contributed by atoms with Crippen molar-refractivity contribution in [2.24, 2.45) is 0 Å². The van der Waals surface area contributed by atoms with Gasteiger partial charge in [-0.25, -0.2) is 0 Å². The number of rotatable bonds is 11. The lowest BCUT2D eigenvalue weighted by molar-refractivity contribution is 0.0774. The summed E-state index contributed by atoms with van der Waals surface area (Å²) in [6.45, 7) is 10.0. The van der Waals surface area contributed by atoms with Crippen LogP contribution in [0.1, 0.15) is 31.7 Å². The number of methoxy groups -OCH3 is 1. The second-order valence-electron chi connectivity index (χ2n) is 6.78. The molecule has 0 bridgehead atoms. The van der Waals surface area contributed by atoms with Crippen molar-refractivity contribution in [3.05, 3.63) is 47.7 Å². The summed E-state index contributed by atoms with van der Waals surface area (Å²) in [6, 6.07) is 8.00. The fraction of sp³-hybridized carbons (Fsp3) is 0.550. The summed E-state index contributed by atoms with van der Waals surface area (Å²) < 4.78 is 17.3. The molecule has 4 heteroatoms. The van der Waals surface area contributed by atoms with Crippen LogP contribution in [0.4, 0.5) is 0 Å². The zero-order valence-corrected chi connectivity index (χ0v) is 16.8. The van der Waals surface area contributed by atoms with Crippen LogP contribution < -0.4 is 4.74 Å². The van der Waals surface area contributed by atoms with Crippen LogP contribution in [-0.2, 0) is 15.8 Å². The Balaban J connectivity index is 2.37. The second-order valence-corrected chi connectivity index (χ2v) is 11.2. The molecule has 1 aromatic rings. The van der Waals surface area contributed by atoms with E-state index < -0.39 is 8.32 Å². The zero-order chi connectivity index (χ0) is 17.8. The van der Waals surface area contributed by atoms with Crippen molar-refractivity contribution < 1.29 is 13.9 Å². The van der Waals surface area contributed by atoms with Crippen LogP contribution in [0.25, 0.3) is 0 Å². The average molecular weight is 349 g/mol. The van der Waals surface area contributed by atoms with E-state index >= 15 is 0 Å². The van der Waals surface area contributed by atoms with Gasteiger partial charge in [0.1, 0.15) is 5.75 Å². The van der Waals surface area contributed by atoms with E-state index in [1.165, 1.54) is 0 Å². The molecule has 0 aromatic heterocycles. The summed E-state index contributed by atoms with van der Waals surface area (Å²) in [6.07, 6.45) is 7.24. The van der Waals surface area contributed by atoms with Crippen LogP contribution in [0.15, 0.2) is 42.1 Å². The van der Waals surface area contributed by atoms with Crippen LogP contribution in [0.3, 0.4) is 0 Å². The van der Waals surface area contributed by atoms with E-state index in [0.29, 0.717) is 13.2 Å². The molecule has 0 fully saturated rings. The molecule has 0 saturated heterocycles. The lowest BCUT2D eigenvalue weighted by Gasteiger charge is -2.26. The van der Waals surface area contributed by atoms with E-state index in [1.807, 2.05) is 37.3 Å². The normalized spacial score (nSPS) is 12.4. The monoisotopic (exact) mass is 348 g/mol. The zero-order valence-electron chi connectivity index (χ0n) is 15.8. The quantitative estimate of drug-likeness (QED) is 0.307. The number of ether oxygens (including phenoxy) is 2. The highest BCUT2D eigenvalue weighted by atomic mass is 28.4. The van der Waals surface area contributed by atoms with E-state index in [1.54, 1.807) is 7.11 Å². The molecule has 0 aliphatic rings. The first-order valence-electron chi connectivity index (χ1n) is 8.68. The maximum atomic E-state index is 6.28. The first-order valence-corrected chi connectivity index (χ1v) is 12.1. The Morgan fingerprint density at radius 1 is 1.12 bits per heavy atom. The third-order valence-corrected chi connectivity index (χ3v) is 4.49. The molecule has 1 aromatic carbocycles. The Hall–Kier alpha value is -1.32. The average Bonchev–Trinajstić information content (AvgIpc) is 2.54. The van der Waals surface area contributed by atoms with E-state index in [9.17, 15) is 0 Å². The molecule has 0 aliphatic carbocycles. The van der Waals surface area contributed by atoms with Crippen molar-refractivity contribution in [3.8, 4) is 5.75 Å². The molecule has 0 amide bonds. The molecule has 0 unspecified atom stereocenters. The maximum absolute atomic E-state index is 6.28.